The third-order valence-corrected chi connectivity index (χ3v) is 3.01. The number of aromatic nitrogens is 2. The summed E-state index contributed by atoms with van der Waals surface area (Å²) in [5.74, 6) is 1.13. The Morgan fingerprint density at radius 1 is 1.25 bits per heavy atom. The van der Waals surface area contributed by atoms with E-state index in [0.29, 0.717) is 18.4 Å². The van der Waals surface area contributed by atoms with Crippen LogP contribution < -0.4 is 15.8 Å². The highest BCUT2D eigenvalue weighted by Crippen LogP contribution is 2.14. The summed E-state index contributed by atoms with van der Waals surface area (Å²) in [4.78, 5) is 8.54. The van der Waals surface area contributed by atoms with Crippen molar-refractivity contribution >= 4 is 5.95 Å². The number of methoxy groups -OCH3 is 1. The second-order valence-electron chi connectivity index (χ2n) is 4.61. The topological polar surface area (TPSA) is 73.1 Å². The molecule has 1 heterocycles. The fourth-order valence-electron chi connectivity index (χ4n) is 1.93. The Bertz CT molecular complexity index is 545. The molecule has 0 fully saturated rings. The number of nitrogens with two attached hydrogens (primary N) is 1. The number of anilines is 1. The summed E-state index contributed by atoms with van der Waals surface area (Å²) in [5.41, 5.74) is 8.14. The van der Waals surface area contributed by atoms with Gasteiger partial charge in [0.05, 0.1) is 7.11 Å². The lowest BCUT2D eigenvalue weighted by molar-refractivity contribution is 0.397. The van der Waals surface area contributed by atoms with Crippen LogP contribution in [0.3, 0.4) is 0 Å². The first-order valence-electron chi connectivity index (χ1n) is 6.63. The van der Waals surface area contributed by atoms with Gasteiger partial charge in [0.25, 0.3) is 0 Å². The largest absolute Gasteiger partial charge is 0.481 e. The maximum absolute atomic E-state index is 6.14. The third-order valence-electron chi connectivity index (χ3n) is 3.01. The zero-order valence-corrected chi connectivity index (χ0v) is 11.8. The second kappa shape index (κ2) is 6.86. The Hall–Kier alpha value is -2.14. The van der Waals surface area contributed by atoms with E-state index in [1.807, 2.05) is 37.3 Å². The van der Waals surface area contributed by atoms with Gasteiger partial charge in [-0.15, -0.1) is 0 Å². The molecule has 106 valence electrons. The van der Waals surface area contributed by atoms with Crippen LogP contribution in [0.5, 0.6) is 5.88 Å². The molecule has 0 spiro atoms. The maximum Gasteiger partial charge on any atom is 0.226 e. The quantitative estimate of drug-likeness (QED) is 0.844. The van der Waals surface area contributed by atoms with Gasteiger partial charge in [-0.3, -0.25) is 0 Å². The van der Waals surface area contributed by atoms with Gasteiger partial charge < -0.3 is 15.8 Å². The van der Waals surface area contributed by atoms with Crippen LogP contribution in [-0.4, -0.2) is 23.6 Å². The van der Waals surface area contributed by atoms with Crippen LogP contribution in [0.4, 0.5) is 5.95 Å². The maximum atomic E-state index is 6.14. The van der Waals surface area contributed by atoms with Crippen LogP contribution in [0.2, 0.25) is 0 Å². The van der Waals surface area contributed by atoms with Crippen molar-refractivity contribution in [2.45, 2.75) is 19.4 Å². The number of hydrogen-bond acceptors (Lipinski definition) is 5. The Morgan fingerprint density at radius 3 is 2.70 bits per heavy atom. The summed E-state index contributed by atoms with van der Waals surface area (Å²) in [6, 6.07) is 11.9. The highest BCUT2D eigenvalue weighted by molar-refractivity contribution is 5.30. The predicted octanol–water partition coefficient (Wildman–Crippen LogP) is 2.30. The van der Waals surface area contributed by atoms with Crippen LogP contribution in [-0.2, 0) is 0 Å². The first kappa shape index (κ1) is 14.3. The van der Waals surface area contributed by atoms with E-state index >= 15 is 0 Å². The molecule has 2 rings (SSSR count). The van der Waals surface area contributed by atoms with Crippen LogP contribution in [0.1, 0.15) is 23.7 Å². The lowest BCUT2D eigenvalue weighted by Crippen LogP contribution is -2.16. The van der Waals surface area contributed by atoms with Crippen molar-refractivity contribution in [2.24, 2.45) is 5.73 Å². The molecule has 20 heavy (non-hydrogen) atoms. The molecular weight excluding hydrogens is 252 g/mol. The fourth-order valence-corrected chi connectivity index (χ4v) is 1.93. The van der Waals surface area contributed by atoms with Gasteiger partial charge in [0.2, 0.25) is 11.8 Å². The van der Waals surface area contributed by atoms with Crippen molar-refractivity contribution in [3.05, 3.63) is 47.7 Å². The molecule has 5 nitrogen and oxygen atoms in total. The SMILES string of the molecule is COc1cc(C)nc(NCCC(N)c2ccccc2)n1. The smallest absolute Gasteiger partial charge is 0.226 e. The van der Waals surface area contributed by atoms with Crippen molar-refractivity contribution in [3.63, 3.8) is 0 Å². The number of benzene rings is 1. The molecule has 0 aliphatic heterocycles. The lowest BCUT2D eigenvalue weighted by Gasteiger charge is -2.13. The zero-order valence-electron chi connectivity index (χ0n) is 11.8. The molecule has 1 aromatic heterocycles. The molecule has 0 bridgehead atoms. The van der Waals surface area contributed by atoms with Crippen LogP contribution >= 0.6 is 0 Å². The van der Waals surface area contributed by atoms with E-state index in [4.69, 9.17) is 10.5 Å². The van der Waals surface area contributed by atoms with E-state index < -0.39 is 0 Å². The average molecular weight is 272 g/mol. The van der Waals surface area contributed by atoms with Gasteiger partial charge in [-0.25, -0.2) is 4.98 Å². The number of nitrogens with zero attached hydrogens (tertiary/aromatic N) is 2. The number of aryl methyl sites for hydroxylation is 1. The van der Waals surface area contributed by atoms with Crippen LogP contribution in [0.25, 0.3) is 0 Å². The minimum Gasteiger partial charge on any atom is -0.481 e. The molecular formula is C15H20N4O. The summed E-state index contributed by atoms with van der Waals surface area (Å²) in [7, 11) is 1.59. The van der Waals surface area contributed by atoms with Crippen molar-refractivity contribution < 1.29 is 4.74 Å². The highest BCUT2D eigenvalue weighted by Gasteiger charge is 2.06. The van der Waals surface area contributed by atoms with Gasteiger partial charge in [-0.2, -0.15) is 4.98 Å². The first-order chi connectivity index (χ1) is 9.69. The van der Waals surface area contributed by atoms with Gasteiger partial charge in [-0.05, 0) is 18.9 Å². The average Bonchev–Trinajstić information content (AvgIpc) is 2.47. The van der Waals surface area contributed by atoms with E-state index in [1.54, 1.807) is 13.2 Å². The summed E-state index contributed by atoms with van der Waals surface area (Å²) in [6.07, 6.45) is 0.809. The second-order valence-corrected chi connectivity index (χ2v) is 4.61. The third kappa shape index (κ3) is 3.93. The van der Waals surface area contributed by atoms with Crippen molar-refractivity contribution in [2.75, 3.05) is 19.0 Å². The zero-order chi connectivity index (χ0) is 14.4. The minimum atomic E-state index is 0.00963. The fraction of sp³-hybridized carbons (Fsp3) is 0.333. The Morgan fingerprint density at radius 2 is 2.00 bits per heavy atom. The molecule has 3 N–H and O–H groups in total. The molecule has 0 saturated carbocycles. The van der Waals surface area contributed by atoms with Crippen molar-refractivity contribution in [3.8, 4) is 5.88 Å². The van der Waals surface area contributed by atoms with Gasteiger partial charge >= 0.3 is 0 Å². The van der Waals surface area contributed by atoms with Crippen LogP contribution in [0.15, 0.2) is 36.4 Å². The van der Waals surface area contributed by atoms with Gasteiger partial charge in [0, 0.05) is 24.3 Å². The van der Waals surface area contributed by atoms with E-state index in [9.17, 15) is 0 Å². The molecule has 1 unspecified atom stereocenters. The normalized spacial score (nSPS) is 11.9. The molecule has 0 amide bonds. The van der Waals surface area contributed by atoms with Crippen molar-refractivity contribution in [1.29, 1.82) is 0 Å². The van der Waals surface area contributed by atoms with Gasteiger partial charge in [0.15, 0.2) is 0 Å². The van der Waals surface area contributed by atoms with E-state index in [-0.39, 0.29) is 6.04 Å². The number of ether oxygens (including phenoxy) is 1. The van der Waals surface area contributed by atoms with E-state index in [0.717, 1.165) is 17.7 Å². The first-order valence-corrected chi connectivity index (χ1v) is 6.63. The Labute approximate surface area is 119 Å². The molecule has 1 atom stereocenters. The van der Waals surface area contributed by atoms with Crippen molar-refractivity contribution in [1.82, 2.24) is 9.97 Å². The summed E-state index contributed by atoms with van der Waals surface area (Å²) in [6.45, 7) is 2.62. The molecule has 0 aliphatic carbocycles. The van der Waals surface area contributed by atoms with Crippen LogP contribution in [0, 0.1) is 6.92 Å². The molecule has 0 radical (unpaired) electrons. The lowest BCUT2D eigenvalue weighted by atomic mass is 10.1. The minimum absolute atomic E-state index is 0.00963. The van der Waals surface area contributed by atoms with E-state index in [1.165, 1.54) is 0 Å². The summed E-state index contributed by atoms with van der Waals surface area (Å²) in [5, 5.41) is 3.18. The molecule has 0 saturated heterocycles. The number of hydrogen-bond donors (Lipinski definition) is 2. The Balaban J connectivity index is 1.88. The molecule has 2 aromatic rings. The standard InChI is InChI=1S/C15H20N4O/c1-11-10-14(20-2)19-15(18-11)17-9-8-13(16)12-6-4-3-5-7-12/h3-7,10,13H,8-9,16H2,1-2H3,(H,17,18,19). The Kier molecular flexibility index (Phi) is 4.90. The summed E-state index contributed by atoms with van der Waals surface area (Å²) < 4.78 is 5.12. The summed E-state index contributed by atoms with van der Waals surface area (Å²) >= 11 is 0. The molecule has 5 heteroatoms. The van der Waals surface area contributed by atoms with Gasteiger partial charge in [-0.1, -0.05) is 30.3 Å². The van der Waals surface area contributed by atoms with E-state index in [2.05, 4.69) is 15.3 Å². The molecule has 1 aromatic carbocycles. The number of nitrogens with one attached hydrogen (secondary N) is 1. The monoisotopic (exact) mass is 272 g/mol. The predicted molar refractivity (Wildman–Crippen MR) is 79.8 cm³/mol. The highest BCUT2D eigenvalue weighted by atomic mass is 16.5. The number of rotatable bonds is 6. The molecule has 0 aliphatic rings. The van der Waals surface area contributed by atoms with Gasteiger partial charge in [0.1, 0.15) is 0 Å².